The molecule has 1 N–H and O–H groups in total. The molecule has 0 spiro atoms. The first-order valence-corrected chi connectivity index (χ1v) is 13.9. The van der Waals surface area contributed by atoms with E-state index in [4.69, 9.17) is 25.5 Å². The lowest BCUT2D eigenvalue weighted by Crippen LogP contribution is -2.43. The van der Waals surface area contributed by atoms with Gasteiger partial charge >= 0.3 is 11.7 Å². The first-order chi connectivity index (χ1) is 18.8. The maximum atomic E-state index is 13.9. The van der Waals surface area contributed by atoms with Gasteiger partial charge in [-0.15, -0.1) is 11.3 Å². The van der Waals surface area contributed by atoms with Gasteiger partial charge in [-0.05, 0) is 32.3 Å². The molecule has 0 amide bonds. The average molecular weight is 574 g/mol. The number of halogens is 1. The van der Waals surface area contributed by atoms with Crippen molar-refractivity contribution in [3.63, 3.8) is 0 Å². The summed E-state index contributed by atoms with van der Waals surface area (Å²) in [6.45, 7) is 3.57. The molecule has 4 aromatic rings. The standard InChI is InChI=1S/C27H28ClN3O7S/c1-15(26(33)34)13-30-24(32)22-21(23-29-10-12-37-23)16(2)39-25(22)31(27(30)35)14-19(17-7-3-4-8-18(17)28)38-20-9-5-6-11-36-20/h3-4,7-8,10,12,15,19-20H,5-6,9,11,13-14H2,1-2H3,(H,33,34)/t15?,19-,20?/m1/s1. The van der Waals surface area contributed by atoms with Crippen LogP contribution in [-0.2, 0) is 27.4 Å². The normalized spacial score (nSPS) is 17.4. The maximum absolute atomic E-state index is 13.9. The fraction of sp³-hybridized carbons (Fsp3) is 0.407. The predicted molar refractivity (Wildman–Crippen MR) is 146 cm³/mol. The lowest BCUT2D eigenvalue weighted by molar-refractivity contribution is -0.192. The Balaban J connectivity index is 1.71. The molecule has 1 fully saturated rings. The number of fused-ring (bicyclic) bond motifs is 1. The third kappa shape index (κ3) is 5.44. The molecular formula is C27H28ClN3O7S. The summed E-state index contributed by atoms with van der Waals surface area (Å²) >= 11 is 7.84. The summed E-state index contributed by atoms with van der Waals surface area (Å²) in [6, 6.07) is 7.23. The minimum Gasteiger partial charge on any atom is -0.481 e. The van der Waals surface area contributed by atoms with Crippen LogP contribution in [0, 0.1) is 12.8 Å². The lowest BCUT2D eigenvalue weighted by atomic mass is 10.1. The number of rotatable bonds is 9. The molecule has 1 saturated heterocycles. The number of thiophene rings is 1. The van der Waals surface area contributed by atoms with Gasteiger partial charge in [-0.3, -0.25) is 18.7 Å². The van der Waals surface area contributed by atoms with E-state index < -0.39 is 35.5 Å². The van der Waals surface area contributed by atoms with Crippen molar-refractivity contribution in [3.8, 4) is 11.5 Å². The molecule has 0 saturated carbocycles. The number of aryl methyl sites for hydroxylation is 1. The summed E-state index contributed by atoms with van der Waals surface area (Å²) in [7, 11) is 0. The van der Waals surface area contributed by atoms with Gasteiger partial charge in [0.25, 0.3) is 5.56 Å². The average Bonchev–Trinajstić information content (AvgIpc) is 3.56. The lowest BCUT2D eigenvalue weighted by Gasteiger charge is -2.29. The van der Waals surface area contributed by atoms with Crippen molar-refractivity contribution in [1.82, 2.24) is 14.1 Å². The zero-order chi connectivity index (χ0) is 27.7. The predicted octanol–water partition coefficient (Wildman–Crippen LogP) is 4.85. The molecule has 39 heavy (non-hydrogen) atoms. The second-order valence-electron chi connectivity index (χ2n) is 9.54. The molecule has 0 bridgehead atoms. The van der Waals surface area contributed by atoms with E-state index in [1.807, 2.05) is 25.1 Å². The summed E-state index contributed by atoms with van der Waals surface area (Å²) in [6.07, 6.45) is 4.32. The van der Waals surface area contributed by atoms with Gasteiger partial charge in [0.2, 0.25) is 5.89 Å². The van der Waals surface area contributed by atoms with Gasteiger partial charge in [-0.2, -0.15) is 0 Å². The first kappa shape index (κ1) is 27.3. The Hall–Kier alpha value is -3.25. The molecule has 3 atom stereocenters. The van der Waals surface area contributed by atoms with E-state index in [2.05, 4.69) is 4.98 Å². The van der Waals surface area contributed by atoms with Crippen molar-refractivity contribution in [2.24, 2.45) is 5.92 Å². The highest BCUT2D eigenvalue weighted by Gasteiger charge is 2.29. The highest BCUT2D eigenvalue weighted by molar-refractivity contribution is 7.19. The molecule has 1 aliphatic rings. The van der Waals surface area contributed by atoms with Crippen molar-refractivity contribution in [2.75, 3.05) is 6.61 Å². The van der Waals surface area contributed by atoms with Gasteiger partial charge < -0.3 is 19.0 Å². The number of carbonyl (C=O) groups is 1. The van der Waals surface area contributed by atoms with Crippen LogP contribution >= 0.6 is 22.9 Å². The topological polar surface area (TPSA) is 126 Å². The van der Waals surface area contributed by atoms with Crippen LogP contribution in [0.1, 0.15) is 42.7 Å². The Morgan fingerprint density at radius 1 is 1.26 bits per heavy atom. The molecule has 12 heteroatoms. The molecule has 1 aliphatic heterocycles. The smallest absolute Gasteiger partial charge is 0.332 e. The summed E-state index contributed by atoms with van der Waals surface area (Å²) in [4.78, 5) is 44.7. The Bertz CT molecular complexity index is 1600. The number of aliphatic carboxylic acids is 1. The summed E-state index contributed by atoms with van der Waals surface area (Å²) in [5.74, 6) is -1.85. The molecule has 10 nitrogen and oxygen atoms in total. The molecule has 0 radical (unpaired) electrons. The van der Waals surface area contributed by atoms with Crippen LogP contribution in [0.3, 0.4) is 0 Å². The van der Waals surface area contributed by atoms with E-state index in [1.54, 1.807) is 6.07 Å². The SMILES string of the molecule is Cc1sc2c(c1-c1ncco1)c(=O)n(CC(C)C(=O)O)c(=O)n2C[C@@H](OC1CCCCO1)c1ccccc1Cl. The van der Waals surface area contributed by atoms with Gasteiger partial charge in [0.1, 0.15) is 17.2 Å². The number of hydrogen-bond donors (Lipinski definition) is 1. The van der Waals surface area contributed by atoms with E-state index in [0.717, 1.165) is 22.3 Å². The van der Waals surface area contributed by atoms with E-state index in [-0.39, 0.29) is 24.4 Å². The number of benzene rings is 1. The Kier molecular flexibility index (Phi) is 8.03. The van der Waals surface area contributed by atoms with E-state index in [1.165, 1.54) is 35.3 Å². The number of oxazole rings is 1. The van der Waals surface area contributed by atoms with Crippen molar-refractivity contribution in [3.05, 3.63) is 73.0 Å². The van der Waals surface area contributed by atoms with Crippen LogP contribution in [0.2, 0.25) is 5.02 Å². The van der Waals surface area contributed by atoms with Crippen LogP contribution in [0.5, 0.6) is 0 Å². The Morgan fingerprint density at radius 2 is 2.05 bits per heavy atom. The fourth-order valence-corrected chi connectivity index (χ4v) is 6.16. The van der Waals surface area contributed by atoms with Crippen molar-refractivity contribution < 1.29 is 23.8 Å². The molecule has 206 valence electrons. The van der Waals surface area contributed by atoms with Gasteiger partial charge in [0.05, 0.1) is 29.6 Å². The third-order valence-electron chi connectivity index (χ3n) is 6.81. The van der Waals surface area contributed by atoms with E-state index >= 15 is 0 Å². The summed E-state index contributed by atoms with van der Waals surface area (Å²) in [5.41, 5.74) is -0.0821. The second kappa shape index (κ2) is 11.5. The minimum atomic E-state index is -1.12. The second-order valence-corrected chi connectivity index (χ2v) is 11.2. The molecule has 2 unspecified atom stereocenters. The zero-order valence-electron chi connectivity index (χ0n) is 21.5. The highest BCUT2D eigenvalue weighted by atomic mass is 35.5. The first-order valence-electron chi connectivity index (χ1n) is 12.7. The molecule has 3 aromatic heterocycles. The fourth-order valence-electron chi connectivity index (χ4n) is 4.77. The molecule has 5 rings (SSSR count). The molecule has 4 heterocycles. The van der Waals surface area contributed by atoms with Gasteiger partial charge in [0.15, 0.2) is 6.29 Å². The number of nitrogens with zero attached hydrogens (tertiary/aromatic N) is 3. The van der Waals surface area contributed by atoms with Crippen LogP contribution in [0.25, 0.3) is 21.7 Å². The van der Waals surface area contributed by atoms with Crippen LogP contribution in [0.15, 0.2) is 50.7 Å². The van der Waals surface area contributed by atoms with Crippen molar-refractivity contribution in [2.45, 2.75) is 58.6 Å². The number of carboxylic acid groups (broad SMARTS) is 1. The van der Waals surface area contributed by atoms with Crippen molar-refractivity contribution >= 4 is 39.1 Å². The largest absolute Gasteiger partial charge is 0.481 e. The Morgan fingerprint density at radius 3 is 2.72 bits per heavy atom. The van der Waals surface area contributed by atoms with Gasteiger partial charge in [-0.25, -0.2) is 9.78 Å². The van der Waals surface area contributed by atoms with E-state index in [0.29, 0.717) is 34.0 Å². The molecule has 1 aromatic carbocycles. The minimum absolute atomic E-state index is 0.0195. The number of ether oxygens (including phenoxy) is 2. The highest BCUT2D eigenvalue weighted by Crippen LogP contribution is 2.37. The zero-order valence-corrected chi connectivity index (χ0v) is 23.0. The quantitative estimate of drug-likeness (QED) is 0.301. The summed E-state index contributed by atoms with van der Waals surface area (Å²) < 4.78 is 20.2. The van der Waals surface area contributed by atoms with Gasteiger partial charge in [-0.1, -0.05) is 36.7 Å². The van der Waals surface area contributed by atoms with Gasteiger partial charge in [0, 0.05) is 28.6 Å². The van der Waals surface area contributed by atoms with Crippen LogP contribution in [0.4, 0.5) is 0 Å². The number of carboxylic acids is 1. The van der Waals surface area contributed by atoms with E-state index in [9.17, 15) is 19.5 Å². The number of aromatic nitrogens is 3. The summed E-state index contributed by atoms with van der Waals surface area (Å²) in [5, 5.41) is 10.2. The van der Waals surface area contributed by atoms with Crippen LogP contribution < -0.4 is 11.2 Å². The molecular weight excluding hydrogens is 546 g/mol. The Labute approximate surface area is 232 Å². The van der Waals surface area contributed by atoms with Crippen molar-refractivity contribution in [1.29, 1.82) is 0 Å². The number of hydrogen-bond acceptors (Lipinski definition) is 8. The monoisotopic (exact) mass is 573 g/mol. The third-order valence-corrected chi connectivity index (χ3v) is 8.28. The van der Waals surface area contributed by atoms with Crippen LogP contribution in [-0.4, -0.2) is 38.1 Å². The molecule has 0 aliphatic carbocycles. The maximum Gasteiger partial charge on any atom is 0.332 e.